The largest absolute Gasteiger partial charge is 0.378 e. The molecule has 3 heterocycles. The van der Waals surface area contributed by atoms with E-state index in [-0.39, 0.29) is 18.2 Å². The van der Waals surface area contributed by atoms with E-state index in [0.29, 0.717) is 29.7 Å². The number of fused-ring (bicyclic) bond motifs is 1. The van der Waals surface area contributed by atoms with Crippen LogP contribution in [-0.4, -0.2) is 43.1 Å². The number of aromatic nitrogens is 1. The fraction of sp³-hybridized carbons (Fsp3) is 0.526. The second-order valence-corrected chi connectivity index (χ2v) is 9.28. The summed E-state index contributed by atoms with van der Waals surface area (Å²) in [6, 6.07) is 1.96. The topological polar surface area (TPSA) is 83.6 Å². The van der Waals surface area contributed by atoms with Crippen molar-refractivity contribution in [3.8, 4) is 0 Å². The number of rotatable bonds is 4. The fourth-order valence-electron chi connectivity index (χ4n) is 3.49. The summed E-state index contributed by atoms with van der Waals surface area (Å²) in [4.78, 5) is 33.2. The van der Waals surface area contributed by atoms with Gasteiger partial charge in [0.15, 0.2) is 5.13 Å². The first kappa shape index (κ1) is 19.4. The molecular weight excluding hydrogens is 396 g/mol. The zero-order valence-corrected chi connectivity index (χ0v) is 17.5. The van der Waals surface area contributed by atoms with Gasteiger partial charge < -0.3 is 9.64 Å². The minimum atomic E-state index is -0.276. The van der Waals surface area contributed by atoms with Gasteiger partial charge in [-0.25, -0.2) is 4.98 Å². The van der Waals surface area contributed by atoms with Crippen LogP contribution in [0.3, 0.4) is 0 Å². The zero-order valence-electron chi connectivity index (χ0n) is 15.8. The van der Waals surface area contributed by atoms with Gasteiger partial charge in [-0.2, -0.15) is 0 Å². The molecule has 0 unspecified atom stereocenters. The van der Waals surface area contributed by atoms with Gasteiger partial charge in [0.05, 0.1) is 30.2 Å². The first-order chi connectivity index (χ1) is 13.6. The number of nitrogens with one attached hydrogen (secondary N) is 2. The van der Waals surface area contributed by atoms with Crippen LogP contribution in [0.2, 0.25) is 0 Å². The molecule has 4 rings (SSSR count). The van der Waals surface area contributed by atoms with Crippen LogP contribution in [0.1, 0.15) is 39.2 Å². The molecule has 2 N–H and O–H groups in total. The number of nitrogens with zero attached hydrogens (tertiary/aromatic N) is 2. The average Bonchev–Trinajstić information content (AvgIpc) is 3.33. The number of thiophene rings is 1. The molecule has 2 amide bonds. The summed E-state index contributed by atoms with van der Waals surface area (Å²) in [6.07, 6.45) is 3.38. The van der Waals surface area contributed by atoms with E-state index in [1.807, 2.05) is 11.4 Å². The van der Waals surface area contributed by atoms with E-state index >= 15 is 0 Å². The average molecular weight is 421 g/mol. The van der Waals surface area contributed by atoms with Crippen molar-refractivity contribution >= 4 is 39.6 Å². The van der Waals surface area contributed by atoms with Crippen molar-refractivity contribution in [1.82, 2.24) is 15.8 Å². The molecule has 2 aromatic rings. The second kappa shape index (κ2) is 8.59. The van der Waals surface area contributed by atoms with Gasteiger partial charge in [0.2, 0.25) is 5.91 Å². The van der Waals surface area contributed by atoms with Crippen LogP contribution in [0.4, 0.5) is 5.13 Å². The highest BCUT2D eigenvalue weighted by atomic mass is 32.1. The molecule has 0 aromatic carbocycles. The molecule has 1 atom stereocenters. The smallest absolute Gasteiger partial charge is 0.279 e. The molecular formula is C19H24N4O3S2. The van der Waals surface area contributed by atoms with Crippen molar-refractivity contribution in [2.45, 2.75) is 32.6 Å². The Balaban J connectivity index is 1.27. The summed E-state index contributed by atoms with van der Waals surface area (Å²) in [7, 11) is 0. The molecule has 2 aliphatic rings. The number of thiazole rings is 1. The summed E-state index contributed by atoms with van der Waals surface area (Å²) in [5, 5.41) is 2.80. The molecule has 1 aliphatic carbocycles. The van der Waals surface area contributed by atoms with Crippen molar-refractivity contribution in [2.24, 2.45) is 5.92 Å². The number of hydrazine groups is 1. The quantitative estimate of drug-likeness (QED) is 0.741. The highest BCUT2D eigenvalue weighted by Gasteiger charge is 2.21. The van der Waals surface area contributed by atoms with Gasteiger partial charge >= 0.3 is 0 Å². The number of aryl methyl sites for hydroxylation is 1. The number of carbonyl (C=O) groups excluding carboxylic acids is 2. The summed E-state index contributed by atoms with van der Waals surface area (Å²) in [5.74, 6) is 0.132. The van der Waals surface area contributed by atoms with E-state index in [4.69, 9.17) is 4.74 Å². The summed E-state index contributed by atoms with van der Waals surface area (Å²) < 4.78 is 5.35. The maximum absolute atomic E-state index is 12.4. The molecule has 150 valence electrons. The highest BCUT2D eigenvalue weighted by molar-refractivity contribution is 7.14. The van der Waals surface area contributed by atoms with Gasteiger partial charge in [-0.3, -0.25) is 20.4 Å². The Labute approximate surface area is 172 Å². The van der Waals surface area contributed by atoms with Crippen molar-refractivity contribution < 1.29 is 14.3 Å². The first-order valence-electron chi connectivity index (χ1n) is 9.56. The first-order valence-corrected chi connectivity index (χ1v) is 11.3. The summed E-state index contributed by atoms with van der Waals surface area (Å²) in [6.45, 7) is 5.28. The molecule has 0 bridgehead atoms. The lowest BCUT2D eigenvalue weighted by atomic mass is 9.90. The molecule has 1 fully saturated rings. The van der Waals surface area contributed by atoms with Gasteiger partial charge in [-0.05, 0) is 36.8 Å². The van der Waals surface area contributed by atoms with Crippen LogP contribution in [0, 0.1) is 5.92 Å². The van der Waals surface area contributed by atoms with Gasteiger partial charge in [0.1, 0.15) is 0 Å². The van der Waals surface area contributed by atoms with Crippen LogP contribution in [0.5, 0.6) is 0 Å². The Morgan fingerprint density at radius 3 is 2.96 bits per heavy atom. The lowest BCUT2D eigenvalue weighted by molar-refractivity contribution is -0.121. The Bertz CT molecular complexity index is 857. The minimum absolute atomic E-state index is 0.138. The number of morpholine rings is 1. The Kier molecular flexibility index (Phi) is 5.93. The van der Waals surface area contributed by atoms with E-state index in [1.54, 1.807) is 0 Å². The summed E-state index contributed by atoms with van der Waals surface area (Å²) in [5.41, 5.74) is 7.02. The fourth-order valence-corrected chi connectivity index (χ4v) is 5.47. The predicted octanol–water partition coefficient (Wildman–Crippen LogP) is 2.17. The molecule has 0 saturated carbocycles. The van der Waals surface area contributed by atoms with Crippen LogP contribution in [0.25, 0.3) is 0 Å². The van der Waals surface area contributed by atoms with Crippen molar-refractivity contribution in [3.05, 3.63) is 32.5 Å². The van der Waals surface area contributed by atoms with Gasteiger partial charge in [0, 0.05) is 23.3 Å². The SMILES string of the molecule is C[C@H]1CCc2sc(C(=O)NNC(=O)Cc3csc(N4CCOCC4)n3)cc2C1. The molecule has 2 aromatic heterocycles. The summed E-state index contributed by atoms with van der Waals surface area (Å²) >= 11 is 3.06. The van der Waals surface area contributed by atoms with E-state index in [1.165, 1.54) is 39.5 Å². The van der Waals surface area contributed by atoms with E-state index in [0.717, 1.165) is 31.1 Å². The maximum atomic E-state index is 12.4. The van der Waals surface area contributed by atoms with E-state index in [2.05, 4.69) is 27.7 Å². The Morgan fingerprint density at radius 2 is 2.14 bits per heavy atom. The van der Waals surface area contributed by atoms with Gasteiger partial charge in [-0.15, -0.1) is 22.7 Å². The standard InChI is InChI=1S/C19H24N4O3S2/c1-12-2-3-15-13(8-12)9-16(28-15)18(25)22-21-17(24)10-14-11-27-19(20-14)23-4-6-26-7-5-23/h9,11-12H,2-8,10H2,1H3,(H,21,24)(H,22,25)/t12-/m0/s1. The molecule has 1 saturated heterocycles. The number of anilines is 1. The minimum Gasteiger partial charge on any atom is -0.378 e. The van der Waals surface area contributed by atoms with Crippen LogP contribution in [-0.2, 0) is 28.8 Å². The third kappa shape index (κ3) is 4.53. The normalized spacial score (nSPS) is 19.2. The molecule has 7 nitrogen and oxygen atoms in total. The number of hydrogen-bond donors (Lipinski definition) is 2. The van der Waals surface area contributed by atoms with E-state index in [9.17, 15) is 9.59 Å². The zero-order chi connectivity index (χ0) is 19.5. The number of hydrogen-bond acceptors (Lipinski definition) is 7. The van der Waals surface area contributed by atoms with Crippen molar-refractivity contribution in [1.29, 1.82) is 0 Å². The Hall–Kier alpha value is -1.97. The number of amides is 2. The van der Waals surface area contributed by atoms with Crippen LogP contribution < -0.4 is 15.8 Å². The van der Waals surface area contributed by atoms with Crippen LogP contribution >= 0.6 is 22.7 Å². The maximum Gasteiger partial charge on any atom is 0.279 e. The Morgan fingerprint density at radius 1 is 1.32 bits per heavy atom. The number of carbonyl (C=O) groups is 2. The molecule has 0 spiro atoms. The molecule has 0 radical (unpaired) electrons. The highest BCUT2D eigenvalue weighted by Crippen LogP contribution is 2.32. The van der Waals surface area contributed by atoms with Crippen LogP contribution in [0.15, 0.2) is 11.4 Å². The van der Waals surface area contributed by atoms with Gasteiger partial charge in [0.25, 0.3) is 5.91 Å². The lowest BCUT2D eigenvalue weighted by Crippen LogP contribution is -2.42. The van der Waals surface area contributed by atoms with E-state index < -0.39 is 0 Å². The monoisotopic (exact) mass is 420 g/mol. The lowest BCUT2D eigenvalue weighted by Gasteiger charge is -2.26. The van der Waals surface area contributed by atoms with Gasteiger partial charge in [-0.1, -0.05) is 6.92 Å². The van der Waals surface area contributed by atoms with Crippen molar-refractivity contribution in [3.63, 3.8) is 0 Å². The third-order valence-electron chi connectivity index (χ3n) is 5.03. The predicted molar refractivity (Wildman–Crippen MR) is 110 cm³/mol. The second-order valence-electron chi connectivity index (χ2n) is 7.31. The third-order valence-corrected chi connectivity index (χ3v) is 7.22. The van der Waals surface area contributed by atoms with Crippen molar-refractivity contribution in [2.75, 3.05) is 31.2 Å². The number of ether oxygens (including phenoxy) is 1. The molecule has 1 aliphatic heterocycles. The molecule has 28 heavy (non-hydrogen) atoms. The molecule has 9 heteroatoms.